The Kier molecular flexibility index (Phi) is 8.14. The number of hydrogen-bond donors (Lipinski definition) is 2. The number of benzene rings is 2. The molecule has 0 aromatic heterocycles. The third-order valence-electron chi connectivity index (χ3n) is 6.15. The lowest BCUT2D eigenvalue weighted by Crippen LogP contribution is -2.40. The summed E-state index contributed by atoms with van der Waals surface area (Å²) >= 11 is 0. The number of amides is 3. The number of nitrogens with zero attached hydrogens (tertiary/aromatic N) is 2. The van der Waals surface area contributed by atoms with Crippen LogP contribution in [0.25, 0.3) is 0 Å². The third-order valence-corrected chi connectivity index (χ3v) is 6.15. The standard InChI is InChI=1S/C26H32N4O4/c31-24(28-23-10-6-8-21(18-23)26(33)30-13-15-34-16-14-30)19-27-22-9-5-7-20(17-22)25(32)29-11-3-1-2-4-12-29/h5-10,17-18,27H,1-4,11-16,19H2,(H,28,31). The number of likely N-dealkylation sites (tertiary alicyclic amines) is 1. The van der Waals surface area contributed by atoms with Crippen LogP contribution in [-0.4, -0.2) is 73.5 Å². The fourth-order valence-corrected chi connectivity index (χ4v) is 4.29. The number of rotatable bonds is 6. The highest BCUT2D eigenvalue weighted by Crippen LogP contribution is 2.17. The van der Waals surface area contributed by atoms with Crippen molar-refractivity contribution >= 4 is 29.1 Å². The van der Waals surface area contributed by atoms with Gasteiger partial charge in [0.1, 0.15) is 0 Å². The summed E-state index contributed by atoms with van der Waals surface area (Å²) in [7, 11) is 0. The number of nitrogens with one attached hydrogen (secondary N) is 2. The molecule has 8 heteroatoms. The van der Waals surface area contributed by atoms with Gasteiger partial charge in [-0.25, -0.2) is 0 Å². The molecule has 0 unspecified atom stereocenters. The van der Waals surface area contributed by atoms with Crippen LogP contribution in [0.5, 0.6) is 0 Å². The smallest absolute Gasteiger partial charge is 0.254 e. The van der Waals surface area contributed by atoms with Crippen molar-refractivity contribution in [2.45, 2.75) is 25.7 Å². The molecule has 180 valence electrons. The van der Waals surface area contributed by atoms with Gasteiger partial charge in [0.2, 0.25) is 5.91 Å². The summed E-state index contributed by atoms with van der Waals surface area (Å²) in [4.78, 5) is 41.7. The Morgan fingerprint density at radius 1 is 0.735 bits per heavy atom. The highest BCUT2D eigenvalue weighted by molar-refractivity contribution is 5.98. The van der Waals surface area contributed by atoms with E-state index in [4.69, 9.17) is 4.74 Å². The average molecular weight is 465 g/mol. The zero-order valence-corrected chi connectivity index (χ0v) is 19.4. The molecule has 2 heterocycles. The molecule has 2 fully saturated rings. The van der Waals surface area contributed by atoms with E-state index in [-0.39, 0.29) is 24.3 Å². The Morgan fingerprint density at radius 3 is 1.94 bits per heavy atom. The molecule has 2 saturated heterocycles. The quantitative estimate of drug-likeness (QED) is 0.685. The lowest BCUT2D eigenvalue weighted by Gasteiger charge is -2.27. The Balaban J connectivity index is 1.31. The van der Waals surface area contributed by atoms with Crippen LogP contribution in [0.1, 0.15) is 46.4 Å². The molecule has 8 nitrogen and oxygen atoms in total. The number of morpholine rings is 1. The van der Waals surface area contributed by atoms with Crippen LogP contribution in [0.4, 0.5) is 11.4 Å². The van der Waals surface area contributed by atoms with E-state index in [9.17, 15) is 14.4 Å². The number of hydrogen-bond acceptors (Lipinski definition) is 5. The van der Waals surface area contributed by atoms with E-state index in [1.54, 1.807) is 35.2 Å². The van der Waals surface area contributed by atoms with Gasteiger partial charge >= 0.3 is 0 Å². The van der Waals surface area contributed by atoms with Crippen molar-refractivity contribution < 1.29 is 19.1 Å². The molecule has 0 atom stereocenters. The maximum absolute atomic E-state index is 12.9. The van der Waals surface area contributed by atoms with Gasteiger partial charge in [-0.05, 0) is 49.2 Å². The van der Waals surface area contributed by atoms with Gasteiger partial charge < -0.3 is 25.2 Å². The molecule has 2 aromatic rings. The molecule has 2 aromatic carbocycles. The minimum Gasteiger partial charge on any atom is -0.378 e. The normalized spacial score (nSPS) is 16.5. The number of carbonyl (C=O) groups is 3. The summed E-state index contributed by atoms with van der Waals surface area (Å²) < 4.78 is 5.30. The second-order valence-corrected chi connectivity index (χ2v) is 8.67. The van der Waals surface area contributed by atoms with Gasteiger partial charge in [0.05, 0.1) is 19.8 Å². The molecule has 2 aliphatic rings. The molecule has 0 radical (unpaired) electrons. The van der Waals surface area contributed by atoms with Crippen LogP contribution in [0.2, 0.25) is 0 Å². The van der Waals surface area contributed by atoms with Crippen molar-refractivity contribution in [2.75, 3.05) is 56.6 Å². The summed E-state index contributed by atoms with van der Waals surface area (Å²) in [5, 5.41) is 5.93. The molecule has 4 rings (SSSR count). The van der Waals surface area contributed by atoms with Crippen molar-refractivity contribution in [3.8, 4) is 0 Å². The molecular weight excluding hydrogens is 432 g/mol. The monoisotopic (exact) mass is 464 g/mol. The highest BCUT2D eigenvalue weighted by atomic mass is 16.5. The predicted molar refractivity (Wildman–Crippen MR) is 131 cm³/mol. The molecule has 0 bridgehead atoms. The number of ether oxygens (including phenoxy) is 1. The van der Waals surface area contributed by atoms with E-state index in [2.05, 4.69) is 10.6 Å². The zero-order chi connectivity index (χ0) is 23.8. The van der Waals surface area contributed by atoms with E-state index >= 15 is 0 Å². The Labute approximate surface area is 200 Å². The average Bonchev–Trinajstić information content (AvgIpc) is 3.17. The molecular formula is C26H32N4O4. The molecule has 2 aliphatic heterocycles. The Bertz CT molecular complexity index is 1010. The van der Waals surface area contributed by atoms with Crippen molar-refractivity contribution in [2.24, 2.45) is 0 Å². The largest absolute Gasteiger partial charge is 0.378 e. The first-order valence-electron chi connectivity index (χ1n) is 12.0. The third kappa shape index (κ3) is 6.35. The Morgan fingerprint density at radius 2 is 1.29 bits per heavy atom. The van der Waals surface area contributed by atoms with Crippen LogP contribution < -0.4 is 10.6 Å². The lowest BCUT2D eigenvalue weighted by atomic mass is 10.1. The van der Waals surface area contributed by atoms with E-state index in [0.29, 0.717) is 48.8 Å². The van der Waals surface area contributed by atoms with Crippen molar-refractivity contribution in [3.05, 3.63) is 59.7 Å². The van der Waals surface area contributed by atoms with Crippen molar-refractivity contribution in [1.29, 1.82) is 0 Å². The summed E-state index contributed by atoms with van der Waals surface area (Å²) in [6.07, 6.45) is 4.43. The minimum atomic E-state index is -0.236. The van der Waals surface area contributed by atoms with E-state index in [1.807, 2.05) is 23.1 Å². The first-order valence-corrected chi connectivity index (χ1v) is 12.0. The fourth-order valence-electron chi connectivity index (χ4n) is 4.29. The van der Waals surface area contributed by atoms with Crippen LogP contribution in [0.15, 0.2) is 48.5 Å². The highest BCUT2D eigenvalue weighted by Gasteiger charge is 2.19. The van der Waals surface area contributed by atoms with Gasteiger partial charge in [-0.15, -0.1) is 0 Å². The molecule has 0 saturated carbocycles. The first-order chi connectivity index (χ1) is 16.6. The van der Waals surface area contributed by atoms with E-state index < -0.39 is 0 Å². The summed E-state index contributed by atoms with van der Waals surface area (Å²) in [5.74, 6) is -0.264. The molecule has 2 N–H and O–H groups in total. The second kappa shape index (κ2) is 11.7. The van der Waals surface area contributed by atoms with Gasteiger partial charge in [0, 0.05) is 48.7 Å². The van der Waals surface area contributed by atoms with Crippen molar-refractivity contribution in [3.63, 3.8) is 0 Å². The van der Waals surface area contributed by atoms with Crippen LogP contribution >= 0.6 is 0 Å². The topological polar surface area (TPSA) is 91.0 Å². The summed E-state index contributed by atoms with van der Waals surface area (Å²) in [6, 6.07) is 14.2. The van der Waals surface area contributed by atoms with Gasteiger partial charge in [-0.2, -0.15) is 0 Å². The van der Waals surface area contributed by atoms with Crippen molar-refractivity contribution in [1.82, 2.24) is 9.80 Å². The van der Waals surface area contributed by atoms with Gasteiger partial charge in [-0.1, -0.05) is 25.0 Å². The van der Waals surface area contributed by atoms with Crippen LogP contribution in [0, 0.1) is 0 Å². The van der Waals surface area contributed by atoms with E-state index in [0.717, 1.165) is 25.9 Å². The van der Waals surface area contributed by atoms with Gasteiger partial charge in [0.15, 0.2) is 0 Å². The molecule has 3 amide bonds. The zero-order valence-electron chi connectivity index (χ0n) is 19.4. The van der Waals surface area contributed by atoms with Crippen LogP contribution in [-0.2, 0) is 9.53 Å². The van der Waals surface area contributed by atoms with Gasteiger partial charge in [-0.3, -0.25) is 14.4 Å². The Hall–Kier alpha value is -3.39. The second-order valence-electron chi connectivity index (χ2n) is 8.67. The maximum Gasteiger partial charge on any atom is 0.254 e. The lowest BCUT2D eigenvalue weighted by molar-refractivity contribution is -0.114. The van der Waals surface area contributed by atoms with Gasteiger partial charge in [0.25, 0.3) is 11.8 Å². The molecule has 0 spiro atoms. The molecule has 34 heavy (non-hydrogen) atoms. The van der Waals surface area contributed by atoms with E-state index in [1.165, 1.54) is 12.8 Å². The SMILES string of the molecule is O=C(CNc1cccc(C(=O)N2CCCCCC2)c1)Nc1cccc(C(=O)N2CCOCC2)c1. The first kappa shape index (κ1) is 23.8. The van der Waals surface area contributed by atoms with Crippen LogP contribution in [0.3, 0.4) is 0 Å². The molecule has 0 aliphatic carbocycles. The minimum absolute atomic E-state index is 0.0387. The number of carbonyl (C=O) groups excluding carboxylic acids is 3. The predicted octanol–water partition coefficient (Wildman–Crippen LogP) is 3.23. The summed E-state index contributed by atoms with van der Waals surface area (Å²) in [5.41, 5.74) is 2.44. The fraction of sp³-hybridized carbons (Fsp3) is 0.423. The summed E-state index contributed by atoms with van der Waals surface area (Å²) in [6.45, 7) is 3.86. The maximum atomic E-state index is 12.9. The number of anilines is 2.